The Balaban J connectivity index is 1.76. The van der Waals surface area contributed by atoms with Crippen LogP contribution in [-0.2, 0) is 6.42 Å². The standard InChI is InChI=1S/C15H24N4/c1-10(16)7-12-5-6-17-15(18-12)11-8-13-3-4-14(9-11)19(13)2/h5-6,10-11,13-14H,3-4,7-9,16H2,1-2H3. The van der Waals surface area contributed by atoms with Crippen molar-refractivity contribution in [2.45, 2.75) is 63.1 Å². The summed E-state index contributed by atoms with van der Waals surface area (Å²) in [5.74, 6) is 1.59. The molecule has 3 unspecified atom stereocenters. The Morgan fingerprint density at radius 2 is 2.05 bits per heavy atom. The quantitative estimate of drug-likeness (QED) is 0.899. The maximum atomic E-state index is 5.86. The molecule has 3 atom stereocenters. The van der Waals surface area contributed by atoms with Crippen LogP contribution in [0, 0.1) is 0 Å². The van der Waals surface area contributed by atoms with Crippen molar-refractivity contribution in [3.05, 3.63) is 23.8 Å². The van der Waals surface area contributed by atoms with Crippen molar-refractivity contribution in [3.8, 4) is 0 Å². The Labute approximate surface area is 115 Å². The smallest absolute Gasteiger partial charge is 0.131 e. The van der Waals surface area contributed by atoms with Gasteiger partial charge in [-0.05, 0) is 45.7 Å². The van der Waals surface area contributed by atoms with Crippen molar-refractivity contribution < 1.29 is 0 Å². The fourth-order valence-electron chi connectivity index (χ4n) is 3.68. The topological polar surface area (TPSA) is 55.0 Å². The predicted molar refractivity (Wildman–Crippen MR) is 75.9 cm³/mol. The summed E-state index contributed by atoms with van der Waals surface area (Å²) < 4.78 is 0. The number of hydrogen-bond donors (Lipinski definition) is 1. The Hall–Kier alpha value is -1.00. The molecule has 0 saturated carbocycles. The lowest BCUT2D eigenvalue weighted by Gasteiger charge is -2.35. The van der Waals surface area contributed by atoms with Gasteiger partial charge in [-0.1, -0.05) is 0 Å². The van der Waals surface area contributed by atoms with Gasteiger partial charge in [-0.25, -0.2) is 9.97 Å². The maximum Gasteiger partial charge on any atom is 0.131 e. The average molecular weight is 260 g/mol. The van der Waals surface area contributed by atoms with E-state index >= 15 is 0 Å². The van der Waals surface area contributed by atoms with Gasteiger partial charge in [0.25, 0.3) is 0 Å². The SMILES string of the molecule is CC(N)Cc1ccnc(C2CC3CCC(C2)N3C)n1. The van der Waals surface area contributed by atoms with Gasteiger partial charge in [-0.15, -0.1) is 0 Å². The van der Waals surface area contributed by atoms with E-state index in [-0.39, 0.29) is 6.04 Å². The highest BCUT2D eigenvalue weighted by atomic mass is 15.2. The lowest BCUT2D eigenvalue weighted by molar-refractivity contribution is 0.158. The van der Waals surface area contributed by atoms with E-state index in [1.165, 1.54) is 25.7 Å². The molecular formula is C15H24N4. The number of fused-ring (bicyclic) bond motifs is 2. The lowest BCUT2D eigenvalue weighted by Crippen LogP contribution is -2.39. The molecule has 0 radical (unpaired) electrons. The van der Waals surface area contributed by atoms with Crippen molar-refractivity contribution in [2.24, 2.45) is 5.73 Å². The summed E-state index contributed by atoms with van der Waals surface area (Å²) in [6.07, 6.45) is 7.87. The third-order valence-corrected chi connectivity index (χ3v) is 4.73. The highest BCUT2D eigenvalue weighted by molar-refractivity contribution is 5.10. The molecule has 19 heavy (non-hydrogen) atoms. The van der Waals surface area contributed by atoms with E-state index in [1.54, 1.807) is 0 Å². The van der Waals surface area contributed by atoms with Crippen LogP contribution in [0.5, 0.6) is 0 Å². The van der Waals surface area contributed by atoms with Crippen LogP contribution in [0.2, 0.25) is 0 Å². The number of nitrogens with zero attached hydrogens (tertiary/aromatic N) is 3. The first kappa shape index (κ1) is 13.0. The molecule has 2 N–H and O–H groups in total. The molecule has 2 bridgehead atoms. The summed E-state index contributed by atoms with van der Waals surface area (Å²) in [5.41, 5.74) is 6.95. The average Bonchev–Trinajstić information content (AvgIpc) is 2.62. The number of piperidine rings is 1. The molecule has 1 aromatic heterocycles. The van der Waals surface area contributed by atoms with Crippen molar-refractivity contribution in [2.75, 3.05) is 7.05 Å². The zero-order valence-electron chi connectivity index (χ0n) is 11.9. The van der Waals surface area contributed by atoms with E-state index in [2.05, 4.69) is 16.9 Å². The minimum Gasteiger partial charge on any atom is -0.328 e. The molecule has 0 spiro atoms. The number of hydrogen-bond acceptors (Lipinski definition) is 4. The van der Waals surface area contributed by atoms with Crippen LogP contribution in [0.3, 0.4) is 0 Å². The highest BCUT2D eigenvalue weighted by Crippen LogP contribution is 2.40. The molecule has 1 aromatic rings. The van der Waals surface area contributed by atoms with Gasteiger partial charge < -0.3 is 10.6 Å². The monoisotopic (exact) mass is 260 g/mol. The second-order valence-corrected chi connectivity index (χ2v) is 6.31. The van der Waals surface area contributed by atoms with Crippen molar-refractivity contribution in [1.82, 2.24) is 14.9 Å². The Morgan fingerprint density at radius 3 is 2.68 bits per heavy atom. The van der Waals surface area contributed by atoms with Gasteiger partial charge in [0.15, 0.2) is 0 Å². The first-order valence-electron chi connectivity index (χ1n) is 7.43. The van der Waals surface area contributed by atoms with E-state index in [4.69, 9.17) is 10.7 Å². The zero-order valence-corrected chi connectivity index (χ0v) is 11.9. The minimum absolute atomic E-state index is 0.163. The van der Waals surface area contributed by atoms with Crippen molar-refractivity contribution in [3.63, 3.8) is 0 Å². The summed E-state index contributed by atoms with van der Waals surface area (Å²) in [7, 11) is 2.27. The van der Waals surface area contributed by atoms with Gasteiger partial charge in [-0.3, -0.25) is 0 Å². The van der Waals surface area contributed by atoms with Crippen LogP contribution in [-0.4, -0.2) is 40.0 Å². The third-order valence-electron chi connectivity index (χ3n) is 4.73. The molecule has 4 heteroatoms. The number of aromatic nitrogens is 2. The summed E-state index contributed by atoms with van der Waals surface area (Å²) >= 11 is 0. The van der Waals surface area contributed by atoms with Crippen LogP contribution in [0.1, 0.15) is 50.0 Å². The summed E-state index contributed by atoms with van der Waals surface area (Å²) in [4.78, 5) is 11.8. The van der Waals surface area contributed by atoms with Gasteiger partial charge in [-0.2, -0.15) is 0 Å². The van der Waals surface area contributed by atoms with Crippen LogP contribution >= 0.6 is 0 Å². The molecule has 4 nitrogen and oxygen atoms in total. The van der Waals surface area contributed by atoms with Crippen LogP contribution < -0.4 is 5.73 Å². The van der Waals surface area contributed by atoms with Gasteiger partial charge >= 0.3 is 0 Å². The number of nitrogens with two attached hydrogens (primary N) is 1. The molecule has 2 saturated heterocycles. The van der Waals surface area contributed by atoms with Gasteiger partial charge in [0.1, 0.15) is 5.82 Å². The van der Waals surface area contributed by atoms with Crippen molar-refractivity contribution >= 4 is 0 Å². The molecule has 2 aliphatic rings. The summed E-state index contributed by atoms with van der Waals surface area (Å²) in [6.45, 7) is 2.03. The predicted octanol–water partition coefficient (Wildman–Crippen LogP) is 1.71. The van der Waals surface area contributed by atoms with E-state index in [0.29, 0.717) is 5.92 Å². The Bertz CT molecular complexity index is 432. The first-order chi connectivity index (χ1) is 9.13. The maximum absolute atomic E-state index is 5.86. The summed E-state index contributed by atoms with van der Waals surface area (Å²) in [5, 5.41) is 0. The zero-order chi connectivity index (χ0) is 13.4. The molecule has 104 valence electrons. The largest absolute Gasteiger partial charge is 0.328 e. The van der Waals surface area contributed by atoms with Crippen LogP contribution in [0.25, 0.3) is 0 Å². The molecule has 2 aliphatic heterocycles. The van der Waals surface area contributed by atoms with E-state index in [0.717, 1.165) is 30.0 Å². The first-order valence-corrected chi connectivity index (χ1v) is 7.43. The minimum atomic E-state index is 0.163. The molecule has 0 amide bonds. The number of rotatable bonds is 3. The second kappa shape index (κ2) is 5.17. The summed E-state index contributed by atoms with van der Waals surface area (Å²) in [6, 6.07) is 3.64. The van der Waals surface area contributed by atoms with Crippen LogP contribution in [0.15, 0.2) is 12.3 Å². The molecule has 2 fully saturated rings. The van der Waals surface area contributed by atoms with E-state index in [1.807, 2.05) is 19.2 Å². The normalized spacial score (nSPS) is 32.5. The van der Waals surface area contributed by atoms with Crippen molar-refractivity contribution in [1.29, 1.82) is 0 Å². The highest BCUT2D eigenvalue weighted by Gasteiger charge is 2.39. The van der Waals surface area contributed by atoms with Gasteiger partial charge in [0, 0.05) is 42.4 Å². The fourth-order valence-corrected chi connectivity index (χ4v) is 3.68. The second-order valence-electron chi connectivity index (χ2n) is 6.31. The van der Waals surface area contributed by atoms with E-state index < -0.39 is 0 Å². The molecule has 3 heterocycles. The Morgan fingerprint density at radius 1 is 1.37 bits per heavy atom. The molecular weight excluding hydrogens is 236 g/mol. The Kier molecular flexibility index (Phi) is 3.54. The molecule has 3 rings (SSSR count). The van der Waals surface area contributed by atoms with Crippen LogP contribution in [0.4, 0.5) is 0 Å². The fraction of sp³-hybridized carbons (Fsp3) is 0.733. The lowest BCUT2D eigenvalue weighted by atomic mass is 9.90. The van der Waals surface area contributed by atoms with Gasteiger partial charge in [0.2, 0.25) is 0 Å². The van der Waals surface area contributed by atoms with Gasteiger partial charge in [0.05, 0.1) is 0 Å². The molecule has 0 aliphatic carbocycles. The molecule has 0 aromatic carbocycles. The van der Waals surface area contributed by atoms with E-state index in [9.17, 15) is 0 Å². The third kappa shape index (κ3) is 2.65.